The molecule has 0 aliphatic heterocycles. The molecule has 0 fully saturated rings. The third kappa shape index (κ3) is 4.87. The number of benzene rings is 2. The molecule has 0 aliphatic carbocycles. The van der Waals surface area contributed by atoms with Gasteiger partial charge in [-0.3, -0.25) is 4.79 Å². The molecule has 1 aromatic heterocycles. The topological polar surface area (TPSA) is 80.8 Å². The molecule has 0 bridgehead atoms. The fourth-order valence-corrected chi connectivity index (χ4v) is 3.44. The fourth-order valence-electron chi connectivity index (χ4n) is 3.44. The lowest BCUT2D eigenvalue weighted by molar-refractivity contribution is -0.136. The average Bonchev–Trinajstić information content (AvgIpc) is 3.07. The van der Waals surface area contributed by atoms with Crippen LogP contribution in [0.2, 0.25) is 0 Å². The second-order valence-electron chi connectivity index (χ2n) is 6.99. The molecule has 2 N–H and O–H groups in total. The zero-order valence-electron chi connectivity index (χ0n) is 17.8. The summed E-state index contributed by atoms with van der Waals surface area (Å²) in [5.41, 5.74) is 3.21. The minimum Gasteiger partial charge on any atom is -0.494 e. The quantitative estimate of drug-likeness (QED) is 0.411. The molecule has 0 saturated carbocycles. The Hall–Kier alpha value is -3.15. The summed E-state index contributed by atoms with van der Waals surface area (Å²) >= 11 is 0. The highest BCUT2D eigenvalue weighted by molar-refractivity contribution is 5.95. The average molecular weight is 411 g/mol. The molecule has 0 amide bonds. The predicted octanol–water partition coefficient (Wildman–Crippen LogP) is 5.44. The van der Waals surface area contributed by atoms with Crippen molar-refractivity contribution < 1.29 is 24.1 Å². The summed E-state index contributed by atoms with van der Waals surface area (Å²) in [5.74, 6) is 1.17. The first kappa shape index (κ1) is 21.6. The first-order valence-electron chi connectivity index (χ1n) is 10.5. The lowest BCUT2D eigenvalue weighted by Crippen LogP contribution is -2.02. The van der Waals surface area contributed by atoms with Crippen LogP contribution in [-0.2, 0) is 11.2 Å². The maximum Gasteiger partial charge on any atom is 0.307 e. The summed E-state index contributed by atoms with van der Waals surface area (Å²) in [5, 5.41) is 10.4. The van der Waals surface area contributed by atoms with Crippen LogP contribution in [0.3, 0.4) is 0 Å². The Kier molecular flexibility index (Phi) is 7.22. The summed E-state index contributed by atoms with van der Waals surface area (Å²) in [4.78, 5) is 15.0. The van der Waals surface area contributed by atoms with Gasteiger partial charge in [0.05, 0.1) is 31.9 Å². The molecule has 0 aliphatic rings. The van der Waals surface area contributed by atoms with Gasteiger partial charge < -0.3 is 24.3 Å². The molecule has 6 heteroatoms. The van der Waals surface area contributed by atoms with E-state index in [2.05, 4.69) is 11.9 Å². The van der Waals surface area contributed by atoms with Crippen LogP contribution in [-0.4, -0.2) is 35.9 Å². The van der Waals surface area contributed by atoms with Crippen molar-refractivity contribution in [3.63, 3.8) is 0 Å². The number of carbonyl (C=O) groups is 1. The maximum absolute atomic E-state index is 11.6. The molecule has 1 heterocycles. The number of hydrogen-bond donors (Lipinski definition) is 2. The smallest absolute Gasteiger partial charge is 0.307 e. The summed E-state index contributed by atoms with van der Waals surface area (Å²) in [7, 11) is 0. The number of hydrogen-bond acceptors (Lipinski definition) is 4. The molecule has 0 spiro atoms. The van der Waals surface area contributed by atoms with E-state index in [-0.39, 0.29) is 6.42 Å². The van der Waals surface area contributed by atoms with Crippen LogP contribution >= 0.6 is 0 Å². The number of aliphatic carboxylic acids is 1. The van der Waals surface area contributed by atoms with Crippen LogP contribution in [0.15, 0.2) is 36.4 Å². The van der Waals surface area contributed by atoms with Crippen molar-refractivity contribution >= 4 is 16.9 Å². The summed E-state index contributed by atoms with van der Waals surface area (Å²) in [6.07, 6.45) is 1.94. The Balaban J connectivity index is 2.08. The molecule has 2 aromatic carbocycles. The number of aromatic nitrogens is 1. The van der Waals surface area contributed by atoms with Gasteiger partial charge >= 0.3 is 5.97 Å². The van der Waals surface area contributed by atoms with E-state index in [1.807, 2.05) is 50.2 Å². The highest BCUT2D eigenvalue weighted by Crippen LogP contribution is 2.37. The minimum atomic E-state index is -0.884. The molecule has 30 heavy (non-hydrogen) atoms. The number of aromatic amines is 1. The Labute approximate surface area is 176 Å². The van der Waals surface area contributed by atoms with Crippen molar-refractivity contribution in [2.45, 2.75) is 40.0 Å². The van der Waals surface area contributed by atoms with E-state index in [1.165, 1.54) is 0 Å². The van der Waals surface area contributed by atoms with Crippen molar-refractivity contribution in [1.82, 2.24) is 4.98 Å². The number of carboxylic acids is 1. The van der Waals surface area contributed by atoms with E-state index in [0.29, 0.717) is 31.3 Å². The summed E-state index contributed by atoms with van der Waals surface area (Å²) in [6, 6.07) is 11.4. The van der Waals surface area contributed by atoms with Gasteiger partial charge in [-0.25, -0.2) is 0 Å². The van der Waals surface area contributed by atoms with Crippen molar-refractivity contribution in [2.75, 3.05) is 19.8 Å². The zero-order chi connectivity index (χ0) is 21.5. The number of nitrogens with one attached hydrogen (secondary N) is 1. The van der Waals surface area contributed by atoms with Gasteiger partial charge in [0.25, 0.3) is 0 Å². The summed E-state index contributed by atoms with van der Waals surface area (Å²) in [6.45, 7) is 7.65. The van der Waals surface area contributed by atoms with Gasteiger partial charge in [0.2, 0.25) is 0 Å². The molecule has 0 saturated heterocycles. The van der Waals surface area contributed by atoms with Crippen molar-refractivity contribution in [3.8, 4) is 28.5 Å². The van der Waals surface area contributed by atoms with Gasteiger partial charge in [-0.15, -0.1) is 0 Å². The van der Waals surface area contributed by atoms with Gasteiger partial charge in [-0.1, -0.05) is 13.3 Å². The van der Waals surface area contributed by atoms with Gasteiger partial charge in [0.15, 0.2) is 11.5 Å². The third-order valence-electron chi connectivity index (χ3n) is 4.80. The van der Waals surface area contributed by atoms with E-state index in [9.17, 15) is 9.90 Å². The number of carboxylic acid groups (broad SMARTS) is 1. The van der Waals surface area contributed by atoms with E-state index in [1.54, 1.807) is 0 Å². The molecule has 0 atom stereocenters. The molecule has 0 radical (unpaired) electrons. The van der Waals surface area contributed by atoms with Crippen molar-refractivity contribution in [2.24, 2.45) is 0 Å². The minimum absolute atomic E-state index is 0.0923. The first-order valence-corrected chi connectivity index (χ1v) is 10.5. The number of unbranched alkanes of at least 4 members (excludes halogenated alkanes) is 1. The van der Waals surface area contributed by atoms with E-state index in [0.717, 1.165) is 46.3 Å². The molecule has 0 unspecified atom stereocenters. The van der Waals surface area contributed by atoms with Gasteiger partial charge in [-0.2, -0.15) is 0 Å². The normalized spacial score (nSPS) is 10.9. The number of ether oxygens (including phenoxy) is 3. The lowest BCUT2D eigenvalue weighted by atomic mass is 10.0. The molecule has 160 valence electrons. The molecular formula is C24H29NO5. The Bertz CT molecular complexity index is 1010. The van der Waals surface area contributed by atoms with Crippen LogP contribution in [0.25, 0.3) is 22.2 Å². The molecule has 3 aromatic rings. The first-order chi connectivity index (χ1) is 14.6. The van der Waals surface area contributed by atoms with Crippen LogP contribution in [0.1, 0.15) is 39.2 Å². The summed E-state index contributed by atoms with van der Waals surface area (Å²) < 4.78 is 17.2. The third-order valence-corrected chi connectivity index (χ3v) is 4.80. The number of fused-ring (bicyclic) bond motifs is 1. The number of H-pyrrole nitrogens is 1. The van der Waals surface area contributed by atoms with E-state index < -0.39 is 5.97 Å². The zero-order valence-corrected chi connectivity index (χ0v) is 17.8. The number of rotatable bonds is 11. The van der Waals surface area contributed by atoms with Crippen LogP contribution in [0.5, 0.6) is 17.2 Å². The van der Waals surface area contributed by atoms with E-state index in [4.69, 9.17) is 14.2 Å². The molecular weight excluding hydrogens is 382 g/mol. The van der Waals surface area contributed by atoms with Crippen LogP contribution in [0.4, 0.5) is 0 Å². The molecule has 3 rings (SSSR count). The SMILES string of the molecule is CCCCOc1ccc2[nH]c(-c3ccc(OCC)c(OCC)c3)c(CC(=O)O)c2c1. The maximum atomic E-state index is 11.6. The Morgan fingerprint density at radius 1 is 0.967 bits per heavy atom. The van der Waals surface area contributed by atoms with Gasteiger partial charge in [0.1, 0.15) is 5.75 Å². The lowest BCUT2D eigenvalue weighted by Gasteiger charge is -2.12. The fraction of sp³-hybridized carbons (Fsp3) is 0.375. The Morgan fingerprint density at radius 3 is 2.43 bits per heavy atom. The van der Waals surface area contributed by atoms with Crippen molar-refractivity contribution in [1.29, 1.82) is 0 Å². The standard InChI is InChI=1S/C24H29NO5/c1-4-7-12-30-17-9-10-20-18(14-17)19(15-23(26)27)24(25-20)16-8-11-21(28-5-2)22(13-16)29-6-3/h8-11,13-14,25H,4-7,12,15H2,1-3H3,(H,26,27). The molecule has 6 nitrogen and oxygen atoms in total. The predicted molar refractivity (Wildman–Crippen MR) is 118 cm³/mol. The Morgan fingerprint density at radius 2 is 1.73 bits per heavy atom. The second-order valence-corrected chi connectivity index (χ2v) is 6.99. The highest BCUT2D eigenvalue weighted by atomic mass is 16.5. The highest BCUT2D eigenvalue weighted by Gasteiger charge is 2.18. The van der Waals surface area contributed by atoms with Gasteiger partial charge in [-0.05, 0) is 62.2 Å². The van der Waals surface area contributed by atoms with Crippen LogP contribution < -0.4 is 14.2 Å². The largest absolute Gasteiger partial charge is 0.494 e. The second kappa shape index (κ2) is 10.1. The van der Waals surface area contributed by atoms with Crippen LogP contribution in [0, 0.1) is 0 Å². The van der Waals surface area contributed by atoms with Gasteiger partial charge in [0, 0.05) is 16.5 Å². The van der Waals surface area contributed by atoms with Crippen molar-refractivity contribution in [3.05, 3.63) is 42.0 Å². The van der Waals surface area contributed by atoms with E-state index >= 15 is 0 Å². The monoisotopic (exact) mass is 411 g/mol.